The van der Waals surface area contributed by atoms with Crippen LogP contribution in [0.25, 0.3) is 0 Å². The van der Waals surface area contributed by atoms with Gasteiger partial charge < -0.3 is 15.3 Å². The third-order valence-electron chi connectivity index (χ3n) is 4.19. The van der Waals surface area contributed by atoms with Crippen molar-refractivity contribution in [3.05, 3.63) is 83.7 Å². The molecule has 10 heteroatoms. The molecule has 3 rings (SSSR count). The first kappa shape index (κ1) is 22.6. The standard InChI is InChI=1S/C22H18F3N3O4/c1-28(32-20(29)12-14-3-2-4-15(11-14)22(23,24)25)21(30)19-13-18(9-10-27-19)31-17-7-5-16(26)6-8-17/h2-11,13H,12,26H2,1H3. The first-order valence-electron chi connectivity index (χ1n) is 9.26. The minimum atomic E-state index is -4.53. The van der Waals surface area contributed by atoms with Crippen LogP contribution in [0.4, 0.5) is 18.9 Å². The molecule has 2 N–H and O–H groups in total. The molecule has 2 aromatic carbocycles. The molecular formula is C22H18F3N3O4. The van der Waals surface area contributed by atoms with Crippen LogP contribution in [-0.4, -0.2) is 29.0 Å². The lowest BCUT2D eigenvalue weighted by Crippen LogP contribution is -2.31. The predicted octanol–water partition coefficient (Wildman–Crippen LogP) is 4.25. The number of alkyl halides is 3. The molecule has 32 heavy (non-hydrogen) atoms. The number of pyridine rings is 1. The second-order valence-electron chi connectivity index (χ2n) is 6.69. The molecule has 0 aliphatic rings. The van der Waals surface area contributed by atoms with E-state index in [0.717, 1.165) is 12.1 Å². The number of hydroxylamine groups is 2. The number of rotatable bonds is 5. The Morgan fingerprint density at radius 2 is 1.75 bits per heavy atom. The fourth-order valence-corrected chi connectivity index (χ4v) is 2.68. The molecule has 1 amide bonds. The summed E-state index contributed by atoms with van der Waals surface area (Å²) >= 11 is 0. The fraction of sp³-hybridized carbons (Fsp3) is 0.136. The van der Waals surface area contributed by atoms with E-state index >= 15 is 0 Å². The zero-order chi connectivity index (χ0) is 23.3. The third-order valence-corrected chi connectivity index (χ3v) is 4.19. The van der Waals surface area contributed by atoms with Crippen LogP contribution >= 0.6 is 0 Å². The van der Waals surface area contributed by atoms with Gasteiger partial charge in [-0.25, -0.2) is 4.79 Å². The van der Waals surface area contributed by atoms with Crippen LogP contribution in [0.2, 0.25) is 0 Å². The van der Waals surface area contributed by atoms with Crippen molar-refractivity contribution in [2.75, 3.05) is 12.8 Å². The van der Waals surface area contributed by atoms with Gasteiger partial charge in [-0.1, -0.05) is 18.2 Å². The highest BCUT2D eigenvalue weighted by Crippen LogP contribution is 2.29. The zero-order valence-electron chi connectivity index (χ0n) is 16.8. The van der Waals surface area contributed by atoms with E-state index in [9.17, 15) is 22.8 Å². The van der Waals surface area contributed by atoms with E-state index < -0.39 is 30.0 Å². The number of anilines is 1. The Balaban J connectivity index is 1.63. The Morgan fingerprint density at radius 3 is 2.44 bits per heavy atom. The zero-order valence-corrected chi connectivity index (χ0v) is 16.8. The Labute approximate surface area is 181 Å². The maximum atomic E-state index is 12.8. The summed E-state index contributed by atoms with van der Waals surface area (Å²) < 4.78 is 44.1. The molecule has 166 valence electrons. The number of ether oxygens (including phenoxy) is 1. The van der Waals surface area contributed by atoms with Gasteiger partial charge in [0.1, 0.15) is 17.2 Å². The van der Waals surface area contributed by atoms with Crippen LogP contribution in [0.5, 0.6) is 11.5 Å². The maximum absolute atomic E-state index is 12.8. The number of aromatic nitrogens is 1. The van der Waals surface area contributed by atoms with Crippen molar-refractivity contribution in [2.45, 2.75) is 12.6 Å². The highest BCUT2D eigenvalue weighted by atomic mass is 19.4. The number of hydrogen-bond donors (Lipinski definition) is 1. The van der Waals surface area contributed by atoms with Crippen molar-refractivity contribution in [3.8, 4) is 11.5 Å². The quantitative estimate of drug-likeness (QED) is 0.466. The molecule has 1 heterocycles. The monoisotopic (exact) mass is 445 g/mol. The molecule has 0 radical (unpaired) electrons. The molecule has 7 nitrogen and oxygen atoms in total. The number of nitrogens with two attached hydrogens (primary N) is 1. The van der Waals surface area contributed by atoms with E-state index in [1.165, 1.54) is 37.5 Å². The van der Waals surface area contributed by atoms with E-state index in [1.807, 2.05) is 0 Å². The lowest BCUT2D eigenvalue weighted by Gasteiger charge is -2.16. The number of carbonyl (C=O) groups excluding carboxylic acids is 2. The SMILES string of the molecule is CN(OC(=O)Cc1cccc(C(F)(F)F)c1)C(=O)c1cc(Oc2ccc(N)cc2)ccn1. The van der Waals surface area contributed by atoms with Crippen LogP contribution in [0.15, 0.2) is 66.9 Å². The lowest BCUT2D eigenvalue weighted by atomic mass is 10.1. The normalized spacial score (nSPS) is 11.0. The molecular weight excluding hydrogens is 427 g/mol. The van der Waals surface area contributed by atoms with Crippen molar-refractivity contribution in [3.63, 3.8) is 0 Å². The van der Waals surface area contributed by atoms with Gasteiger partial charge >= 0.3 is 18.1 Å². The smallest absolute Gasteiger partial charge is 0.416 e. The molecule has 3 aromatic rings. The minimum Gasteiger partial charge on any atom is -0.457 e. The summed E-state index contributed by atoms with van der Waals surface area (Å²) in [5.74, 6) is -0.846. The fourth-order valence-electron chi connectivity index (χ4n) is 2.68. The number of carbonyl (C=O) groups is 2. The summed E-state index contributed by atoms with van der Waals surface area (Å²) in [5, 5.41) is 0.658. The summed E-state index contributed by atoms with van der Waals surface area (Å²) in [5.41, 5.74) is 5.35. The molecule has 1 aromatic heterocycles. The van der Waals surface area contributed by atoms with E-state index in [1.54, 1.807) is 24.3 Å². The van der Waals surface area contributed by atoms with Crippen LogP contribution < -0.4 is 10.5 Å². The van der Waals surface area contributed by atoms with Gasteiger partial charge in [0.25, 0.3) is 0 Å². The molecule has 0 saturated heterocycles. The Morgan fingerprint density at radius 1 is 1.03 bits per heavy atom. The van der Waals surface area contributed by atoms with E-state index in [-0.39, 0.29) is 11.3 Å². The average molecular weight is 445 g/mol. The highest BCUT2D eigenvalue weighted by Gasteiger charge is 2.30. The van der Waals surface area contributed by atoms with E-state index in [2.05, 4.69) is 4.98 Å². The summed E-state index contributed by atoms with van der Waals surface area (Å²) in [7, 11) is 1.20. The molecule has 0 spiro atoms. The first-order valence-corrected chi connectivity index (χ1v) is 9.26. The molecule has 0 saturated carbocycles. The van der Waals surface area contributed by atoms with Crippen LogP contribution in [0.3, 0.4) is 0 Å². The molecule has 0 bridgehead atoms. The summed E-state index contributed by atoms with van der Waals surface area (Å²) in [4.78, 5) is 33.5. The summed E-state index contributed by atoms with van der Waals surface area (Å²) in [6.45, 7) is 0. The predicted molar refractivity (Wildman–Crippen MR) is 108 cm³/mol. The minimum absolute atomic E-state index is 0.0627. The largest absolute Gasteiger partial charge is 0.457 e. The van der Waals surface area contributed by atoms with E-state index in [4.69, 9.17) is 15.3 Å². The van der Waals surface area contributed by atoms with Gasteiger partial charge in [0.05, 0.1) is 12.0 Å². The summed E-state index contributed by atoms with van der Waals surface area (Å²) in [6, 6.07) is 13.8. The average Bonchev–Trinajstić information content (AvgIpc) is 2.74. The lowest BCUT2D eigenvalue weighted by molar-refractivity contribution is -0.172. The number of nitrogens with zero attached hydrogens (tertiary/aromatic N) is 2. The van der Waals surface area contributed by atoms with E-state index in [0.29, 0.717) is 22.2 Å². The van der Waals surface area contributed by atoms with Gasteiger partial charge in [-0.05, 0) is 42.0 Å². The van der Waals surface area contributed by atoms with Gasteiger partial charge in [-0.15, -0.1) is 0 Å². The van der Waals surface area contributed by atoms with Crippen molar-refractivity contribution in [1.82, 2.24) is 10.0 Å². The van der Waals surface area contributed by atoms with Crippen molar-refractivity contribution < 1.29 is 32.3 Å². The van der Waals surface area contributed by atoms with Crippen molar-refractivity contribution >= 4 is 17.6 Å². The Bertz CT molecular complexity index is 1120. The maximum Gasteiger partial charge on any atom is 0.416 e. The van der Waals surface area contributed by atoms with Crippen molar-refractivity contribution in [2.24, 2.45) is 0 Å². The number of benzene rings is 2. The van der Waals surface area contributed by atoms with Crippen LogP contribution in [-0.2, 0) is 22.2 Å². The number of amides is 1. The molecule has 0 atom stereocenters. The topological polar surface area (TPSA) is 94.8 Å². The summed E-state index contributed by atoms with van der Waals surface area (Å²) in [6.07, 6.45) is -3.63. The number of halogens is 3. The van der Waals surface area contributed by atoms with Gasteiger partial charge in [0.2, 0.25) is 0 Å². The second-order valence-corrected chi connectivity index (χ2v) is 6.69. The number of nitrogen functional groups attached to an aromatic ring is 1. The first-order chi connectivity index (χ1) is 15.1. The molecule has 0 fully saturated rings. The molecule has 0 unspecified atom stereocenters. The van der Waals surface area contributed by atoms with Gasteiger partial charge in [0, 0.05) is 25.0 Å². The van der Waals surface area contributed by atoms with Gasteiger partial charge in [0.15, 0.2) is 0 Å². The van der Waals surface area contributed by atoms with Gasteiger partial charge in [-0.2, -0.15) is 18.2 Å². The highest BCUT2D eigenvalue weighted by molar-refractivity contribution is 5.92. The van der Waals surface area contributed by atoms with Crippen LogP contribution in [0.1, 0.15) is 21.6 Å². The number of hydrogen-bond acceptors (Lipinski definition) is 6. The molecule has 0 aliphatic heterocycles. The van der Waals surface area contributed by atoms with Gasteiger partial charge in [-0.3, -0.25) is 9.78 Å². The second kappa shape index (κ2) is 9.38. The molecule has 0 aliphatic carbocycles. The Kier molecular flexibility index (Phi) is 6.62. The van der Waals surface area contributed by atoms with Crippen LogP contribution in [0, 0.1) is 0 Å². The third kappa shape index (κ3) is 5.97. The Hall–Kier alpha value is -4.08. The van der Waals surface area contributed by atoms with Crippen molar-refractivity contribution in [1.29, 1.82) is 0 Å².